The summed E-state index contributed by atoms with van der Waals surface area (Å²) in [5, 5.41) is 8.95. The smallest absolute Gasteiger partial charge is 0.317 e. The standard InChI is InChI=1S/C18H27FN2O2S/c1-13(14-6-7-17(24-3)16(19)11-14)21-9-4-5-15(8-10-21)20(2)12-18(22)23/h6-7,11,13,15H,4-5,8-10,12H2,1-3H3,(H,22,23). The quantitative estimate of drug-likeness (QED) is 0.793. The number of thioether (sulfide) groups is 1. The third-order valence-corrected chi connectivity index (χ3v) is 5.72. The van der Waals surface area contributed by atoms with E-state index in [1.54, 1.807) is 6.07 Å². The van der Waals surface area contributed by atoms with Gasteiger partial charge < -0.3 is 5.11 Å². The first kappa shape index (κ1) is 19.2. The topological polar surface area (TPSA) is 43.8 Å². The van der Waals surface area contributed by atoms with Crippen LogP contribution in [0, 0.1) is 5.82 Å². The SMILES string of the molecule is CSc1ccc(C(C)N2CCCC(N(C)CC(=O)O)CC2)cc1F. The fraction of sp³-hybridized carbons (Fsp3) is 0.611. The Bertz CT molecular complexity index is 570. The number of hydrogen-bond acceptors (Lipinski definition) is 4. The Morgan fingerprint density at radius 2 is 2.21 bits per heavy atom. The van der Waals surface area contributed by atoms with Crippen molar-refractivity contribution in [1.29, 1.82) is 0 Å². The summed E-state index contributed by atoms with van der Waals surface area (Å²) in [5.74, 6) is -0.933. The molecule has 24 heavy (non-hydrogen) atoms. The molecule has 0 aliphatic carbocycles. The molecule has 1 aromatic carbocycles. The first-order chi connectivity index (χ1) is 11.4. The Morgan fingerprint density at radius 1 is 1.46 bits per heavy atom. The molecule has 1 aliphatic rings. The third-order valence-electron chi connectivity index (χ3n) is 4.95. The molecule has 0 bridgehead atoms. The Morgan fingerprint density at radius 3 is 2.83 bits per heavy atom. The Balaban J connectivity index is 2.00. The molecule has 2 atom stereocenters. The molecule has 0 amide bonds. The van der Waals surface area contributed by atoms with Crippen LogP contribution in [-0.2, 0) is 4.79 Å². The van der Waals surface area contributed by atoms with Crippen LogP contribution in [0.3, 0.4) is 0 Å². The van der Waals surface area contributed by atoms with Gasteiger partial charge in [0.2, 0.25) is 0 Å². The van der Waals surface area contributed by atoms with Crippen LogP contribution < -0.4 is 0 Å². The zero-order valence-electron chi connectivity index (χ0n) is 14.7. The zero-order valence-corrected chi connectivity index (χ0v) is 15.5. The third kappa shape index (κ3) is 4.94. The second kappa shape index (κ2) is 8.83. The lowest BCUT2D eigenvalue weighted by molar-refractivity contribution is -0.138. The van der Waals surface area contributed by atoms with Crippen molar-refractivity contribution in [3.63, 3.8) is 0 Å². The summed E-state index contributed by atoms with van der Waals surface area (Å²) in [7, 11) is 1.88. The predicted octanol–water partition coefficient (Wildman–Crippen LogP) is 3.48. The number of nitrogens with zero attached hydrogens (tertiary/aromatic N) is 2. The Kier molecular flexibility index (Phi) is 7.07. The van der Waals surface area contributed by atoms with Crippen molar-refractivity contribution in [2.24, 2.45) is 0 Å². The van der Waals surface area contributed by atoms with Gasteiger partial charge in [0, 0.05) is 23.5 Å². The van der Waals surface area contributed by atoms with Crippen molar-refractivity contribution < 1.29 is 14.3 Å². The molecule has 0 radical (unpaired) electrons. The van der Waals surface area contributed by atoms with Gasteiger partial charge in [0.25, 0.3) is 0 Å². The van der Waals surface area contributed by atoms with Gasteiger partial charge in [0.1, 0.15) is 5.82 Å². The van der Waals surface area contributed by atoms with E-state index >= 15 is 0 Å². The molecule has 0 spiro atoms. The van der Waals surface area contributed by atoms with Gasteiger partial charge in [-0.1, -0.05) is 6.07 Å². The summed E-state index contributed by atoms with van der Waals surface area (Å²) in [6.45, 7) is 4.07. The number of hydrogen-bond donors (Lipinski definition) is 1. The number of benzene rings is 1. The van der Waals surface area contributed by atoms with Crippen molar-refractivity contribution in [3.8, 4) is 0 Å². The van der Waals surface area contributed by atoms with Gasteiger partial charge in [-0.15, -0.1) is 11.8 Å². The van der Waals surface area contributed by atoms with Crippen molar-refractivity contribution in [2.45, 2.75) is 43.2 Å². The minimum atomic E-state index is -0.781. The first-order valence-corrected chi connectivity index (χ1v) is 9.64. The highest BCUT2D eigenvalue weighted by molar-refractivity contribution is 7.98. The monoisotopic (exact) mass is 354 g/mol. The number of carboxylic acid groups (broad SMARTS) is 1. The van der Waals surface area contributed by atoms with Crippen LogP contribution in [0.15, 0.2) is 23.1 Å². The summed E-state index contributed by atoms with van der Waals surface area (Å²) in [6, 6.07) is 5.98. The van der Waals surface area contributed by atoms with Crippen molar-refractivity contribution in [2.75, 3.05) is 32.9 Å². The summed E-state index contributed by atoms with van der Waals surface area (Å²) >= 11 is 1.42. The van der Waals surface area contributed by atoms with Gasteiger partial charge in [-0.25, -0.2) is 4.39 Å². The second-order valence-corrected chi connectivity index (χ2v) is 7.35. The number of halogens is 1. The highest BCUT2D eigenvalue weighted by Gasteiger charge is 2.24. The van der Waals surface area contributed by atoms with Gasteiger partial charge in [0.15, 0.2) is 0 Å². The molecule has 1 N–H and O–H groups in total. The summed E-state index contributed by atoms with van der Waals surface area (Å²) in [4.78, 5) is 15.9. The lowest BCUT2D eigenvalue weighted by atomic mass is 10.1. The van der Waals surface area contributed by atoms with E-state index in [0.29, 0.717) is 10.9 Å². The lowest BCUT2D eigenvalue weighted by Gasteiger charge is -2.29. The van der Waals surface area contributed by atoms with E-state index in [1.807, 2.05) is 30.3 Å². The molecule has 1 aliphatic heterocycles. The van der Waals surface area contributed by atoms with E-state index in [2.05, 4.69) is 11.8 Å². The fourth-order valence-corrected chi connectivity index (χ4v) is 3.88. The van der Waals surface area contributed by atoms with Crippen molar-refractivity contribution >= 4 is 17.7 Å². The molecule has 1 saturated heterocycles. The molecule has 134 valence electrons. The van der Waals surface area contributed by atoms with Crippen LogP contribution in [0.5, 0.6) is 0 Å². The Hall–Kier alpha value is -1.11. The van der Waals surface area contributed by atoms with Crippen LogP contribution in [-0.4, -0.2) is 59.9 Å². The molecule has 1 heterocycles. The van der Waals surface area contributed by atoms with Gasteiger partial charge in [-0.05, 0) is 63.7 Å². The number of likely N-dealkylation sites (N-methyl/N-ethyl adjacent to an activating group) is 1. The molecule has 1 aromatic rings. The highest BCUT2D eigenvalue weighted by atomic mass is 32.2. The molecular formula is C18H27FN2O2S. The number of carboxylic acids is 1. The van der Waals surface area contributed by atoms with Crippen LogP contribution in [0.4, 0.5) is 4.39 Å². The molecule has 2 unspecified atom stereocenters. The van der Waals surface area contributed by atoms with Crippen LogP contribution >= 0.6 is 11.8 Å². The van der Waals surface area contributed by atoms with Crippen LogP contribution in [0.25, 0.3) is 0 Å². The molecule has 1 fully saturated rings. The van der Waals surface area contributed by atoms with E-state index in [0.717, 1.165) is 37.9 Å². The molecule has 6 heteroatoms. The second-order valence-electron chi connectivity index (χ2n) is 6.50. The van der Waals surface area contributed by atoms with Gasteiger partial charge in [-0.2, -0.15) is 0 Å². The highest BCUT2D eigenvalue weighted by Crippen LogP contribution is 2.28. The minimum absolute atomic E-state index is 0.0849. The zero-order chi connectivity index (χ0) is 17.7. The summed E-state index contributed by atoms with van der Waals surface area (Å²) in [5.41, 5.74) is 1.00. The fourth-order valence-electron chi connectivity index (χ4n) is 3.42. The maximum atomic E-state index is 14.0. The first-order valence-electron chi connectivity index (χ1n) is 8.42. The predicted molar refractivity (Wildman–Crippen MR) is 96.1 cm³/mol. The molecular weight excluding hydrogens is 327 g/mol. The van der Waals surface area contributed by atoms with Gasteiger partial charge in [0.05, 0.1) is 6.54 Å². The normalized spacial score (nSPS) is 20.8. The number of carbonyl (C=O) groups is 1. The number of aliphatic carboxylic acids is 1. The maximum absolute atomic E-state index is 14.0. The maximum Gasteiger partial charge on any atom is 0.317 e. The van der Waals surface area contributed by atoms with E-state index in [1.165, 1.54) is 11.8 Å². The molecule has 0 saturated carbocycles. The Labute approximate surface area is 148 Å². The van der Waals surface area contributed by atoms with Gasteiger partial charge in [-0.3, -0.25) is 14.6 Å². The minimum Gasteiger partial charge on any atom is -0.480 e. The van der Waals surface area contributed by atoms with Crippen molar-refractivity contribution in [1.82, 2.24) is 9.80 Å². The largest absolute Gasteiger partial charge is 0.480 e. The number of rotatable bonds is 6. The van der Waals surface area contributed by atoms with Crippen molar-refractivity contribution in [3.05, 3.63) is 29.6 Å². The average Bonchev–Trinajstić information content (AvgIpc) is 2.79. The average molecular weight is 354 g/mol. The van der Waals surface area contributed by atoms with E-state index in [-0.39, 0.29) is 18.4 Å². The van der Waals surface area contributed by atoms with E-state index < -0.39 is 5.97 Å². The van der Waals surface area contributed by atoms with Crippen LogP contribution in [0.1, 0.15) is 37.8 Å². The molecule has 0 aromatic heterocycles. The summed E-state index contributed by atoms with van der Waals surface area (Å²) in [6.07, 6.45) is 4.86. The lowest BCUT2D eigenvalue weighted by Crippen LogP contribution is -2.36. The van der Waals surface area contributed by atoms with E-state index in [9.17, 15) is 9.18 Å². The van der Waals surface area contributed by atoms with Crippen LogP contribution in [0.2, 0.25) is 0 Å². The summed E-state index contributed by atoms with van der Waals surface area (Å²) < 4.78 is 14.0. The van der Waals surface area contributed by atoms with Gasteiger partial charge >= 0.3 is 5.97 Å². The van der Waals surface area contributed by atoms with E-state index in [4.69, 9.17) is 5.11 Å². The number of likely N-dealkylation sites (tertiary alicyclic amines) is 1. The molecule has 4 nitrogen and oxygen atoms in total. The molecule has 2 rings (SSSR count).